The van der Waals surface area contributed by atoms with Gasteiger partial charge in [-0.1, -0.05) is 56.3 Å². The van der Waals surface area contributed by atoms with Crippen molar-refractivity contribution in [3.05, 3.63) is 76.9 Å². The van der Waals surface area contributed by atoms with Gasteiger partial charge in [0.1, 0.15) is 0 Å². The molecule has 0 bridgehead atoms. The van der Waals surface area contributed by atoms with Crippen LogP contribution < -0.4 is 14.2 Å². The smallest absolute Gasteiger partial charge is 0.203 e. The van der Waals surface area contributed by atoms with Crippen LogP contribution in [0.15, 0.2) is 54.6 Å². The fourth-order valence-electron chi connectivity index (χ4n) is 4.49. The molecule has 190 valence electrons. The number of benzene rings is 3. The lowest BCUT2D eigenvalue weighted by Gasteiger charge is -2.18. The number of rotatable bonds is 11. The van der Waals surface area contributed by atoms with Gasteiger partial charge in [0.25, 0.3) is 0 Å². The molecule has 3 nitrogen and oxygen atoms in total. The standard InChI is InChI=1S/C35H32O3/c1-6-9-18-36-33-22-26(23-34(37-19-10-7-2)35(33)38-20-11-8-3)21-31-29-15-13-12-14-28(29)30-17-16-27(25(4)5)24-32(30)31/h1-3,12-17,21-25H,9-11,18-20H2,4-5H3/b31-21+. The van der Waals surface area contributed by atoms with Crippen LogP contribution in [0.2, 0.25) is 0 Å². The lowest BCUT2D eigenvalue weighted by molar-refractivity contribution is 0.250. The number of terminal acetylenes is 3. The maximum absolute atomic E-state index is 6.08. The summed E-state index contributed by atoms with van der Waals surface area (Å²) in [6.45, 7) is 5.48. The molecule has 3 aromatic rings. The van der Waals surface area contributed by atoms with Gasteiger partial charge in [0, 0.05) is 19.3 Å². The van der Waals surface area contributed by atoms with E-state index in [-0.39, 0.29) is 0 Å². The average Bonchev–Trinajstić information content (AvgIpc) is 3.23. The maximum Gasteiger partial charge on any atom is 0.203 e. The Morgan fingerprint density at radius 3 is 1.82 bits per heavy atom. The molecule has 0 fully saturated rings. The molecule has 38 heavy (non-hydrogen) atoms. The van der Waals surface area contributed by atoms with Crippen LogP contribution in [0.4, 0.5) is 0 Å². The third-order valence-corrected chi connectivity index (χ3v) is 6.36. The summed E-state index contributed by atoms with van der Waals surface area (Å²) in [4.78, 5) is 0. The highest BCUT2D eigenvalue weighted by molar-refractivity contribution is 6.06. The summed E-state index contributed by atoms with van der Waals surface area (Å²) in [6, 6.07) is 19.2. The quantitative estimate of drug-likeness (QED) is 0.157. The highest BCUT2D eigenvalue weighted by Gasteiger charge is 2.24. The van der Waals surface area contributed by atoms with E-state index in [1.54, 1.807) is 0 Å². The van der Waals surface area contributed by atoms with Crippen molar-refractivity contribution < 1.29 is 14.2 Å². The van der Waals surface area contributed by atoms with Gasteiger partial charge in [-0.3, -0.25) is 0 Å². The van der Waals surface area contributed by atoms with Gasteiger partial charge in [0.2, 0.25) is 5.75 Å². The Labute approximate surface area is 226 Å². The molecule has 0 amide bonds. The Bertz CT molecular complexity index is 1410. The van der Waals surface area contributed by atoms with Gasteiger partial charge in [0.05, 0.1) is 19.8 Å². The number of hydrogen-bond donors (Lipinski definition) is 0. The molecule has 0 N–H and O–H groups in total. The summed E-state index contributed by atoms with van der Waals surface area (Å²) >= 11 is 0. The molecule has 3 aromatic carbocycles. The molecular formula is C35H32O3. The second-order valence-electron chi connectivity index (χ2n) is 9.32. The molecule has 0 spiro atoms. The van der Waals surface area contributed by atoms with E-state index in [0.717, 1.165) is 11.1 Å². The molecule has 0 aliphatic heterocycles. The Hall–Kier alpha value is -4.52. The van der Waals surface area contributed by atoms with Gasteiger partial charge in [-0.2, -0.15) is 0 Å². The molecule has 0 saturated heterocycles. The second-order valence-corrected chi connectivity index (χ2v) is 9.32. The van der Waals surface area contributed by atoms with E-state index in [4.69, 9.17) is 33.5 Å². The van der Waals surface area contributed by atoms with Crippen molar-refractivity contribution in [1.29, 1.82) is 0 Å². The van der Waals surface area contributed by atoms with Gasteiger partial charge in [0.15, 0.2) is 11.5 Å². The molecule has 1 aliphatic rings. The van der Waals surface area contributed by atoms with Crippen molar-refractivity contribution in [3.63, 3.8) is 0 Å². The predicted octanol–water partition coefficient (Wildman–Crippen LogP) is 7.59. The molecule has 4 rings (SSSR count). The van der Waals surface area contributed by atoms with Crippen LogP contribution >= 0.6 is 0 Å². The minimum absolute atomic E-state index is 0.340. The maximum atomic E-state index is 6.08. The van der Waals surface area contributed by atoms with E-state index in [1.165, 1.54) is 27.8 Å². The normalized spacial score (nSPS) is 12.3. The monoisotopic (exact) mass is 500 g/mol. The SMILES string of the molecule is C#CCCOc1cc(/C=C2\c3ccccc3-c3ccc(C(C)C)cc32)cc(OCCC#C)c1OCCC#C. The Kier molecular flexibility index (Phi) is 8.82. The first kappa shape index (κ1) is 26.5. The molecule has 0 aromatic heterocycles. The van der Waals surface area contributed by atoms with Crippen LogP contribution in [0, 0.1) is 37.0 Å². The van der Waals surface area contributed by atoms with Crippen LogP contribution in [-0.2, 0) is 0 Å². The van der Waals surface area contributed by atoms with E-state index in [1.807, 2.05) is 12.1 Å². The van der Waals surface area contributed by atoms with Crippen LogP contribution in [-0.4, -0.2) is 19.8 Å². The van der Waals surface area contributed by atoms with Crippen molar-refractivity contribution in [2.45, 2.75) is 39.0 Å². The molecule has 0 radical (unpaired) electrons. The zero-order chi connectivity index (χ0) is 26.9. The number of ether oxygens (including phenoxy) is 3. The van der Waals surface area contributed by atoms with Crippen molar-refractivity contribution in [2.75, 3.05) is 19.8 Å². The van der Waals surface area contributed by atoms with Crippen LogP contribution in [0.25, 0.3) is 22.8 Å². The zero-order valence-electron chi connectivity index (χ0n) is 22.1. The zero-order valence-corrected chi connectivity index (χ0v) is 22.1. The first-order valence-electron chi connectivity index (χ1n) is 12.9. The third-order valence-electron chi connectivity index (χ3n) is 6.36. The highest BCUT2D eigenvalue weighted by Crippen LogP contribution is 2.47. The minimum atomic E-state index is 0.340. The molecule has 0 saturated carbocycles. The van der Waals surface area contributed by atoms with Gasteiger partial charge in [-0.25, -0.2) is 0 Å². The summed E-state index contributed by atoms with van der Waals surface area (Å²) in [5.41, 5.74) is 8.27. The van der Waals surface area contributed by atoms with Crippen LogP contribution in [0.5, 0.6) is 17.2 Å². The van der Waals surface area contributed by atoms with E-state index in [9.17, 15) is 0 Å². The fourth-order valence-corrected chi connectivity index (χ4v) is 4.49. The summed E-state index contributed by atoms with van der Waals surface area (Å²) in [6.07, 6.45) is 20.0. The molecule has 1 aliphatic carbocycles. The fraction of sp³-hybridized carbons (Fsp3) is 0.257. The summed E-state index contributed by atoms with van der Waals surface area (Å²) in [7, 11) is 0. The average molecular weight is 501 g/mol. The van der Waals surface area contributed by atoms with Gasteiger partial charge < -0.3 is 14.2 Å². The number of fused-ring (bicyclic) bond motifs is 3. The lowest BCUT2D eigenvalue weighted by atomic mass is 9.95. The van der Waals surface area contributed by atoms with Crippen molar-refractivity contribution in [3.8, 4) is 65.4 Å². The van der Waals surface area contributed by atoms with Crippen LogP contribution in [0.1, 0.15) is 61.3 Å². The second kappa shape index (κ2) is 12.6. The molecule has 0 heterocycles. The Morgan fingerprint density at radius 1 is 0.684 bits per heavy atom. The van der Waals surface area contributed by atoms with Crippen molar-refractivity contribution in [1.82, 2.24) is 0 Å². The molecule has 3 heteroatoms. The van der Waals surface area contributed by atoms with Gasteiger partial charge in [-0.15, -0.1) is 37.0 Å². The van der Waals surface area contributed by atoms with E-state index in [2.05, 4.69) is 80.1 Å². The van der Waals surface area contributed by atoms with E-state index < -0.39 is 0 Å². The molecule has 0 atom stereocenters. The first-order valence-corrected chi connectivity index (χ1v) is 12.9. The van der Waals surface area contributed by atoms with Crippen molar-refractivity contribution in [2.24, 2.45) is 0 Å². The van der Waals surface area contributed by atoms with E-state index >= 15 is 0 Å². The van der Waals surface area contributed by atoms with Gasteiger partial charge >= 0.3 is 0 Å². The minimum Gasteiger partial charge on any atom is -0.489 e. The third kappa shape index (κ3) is 5.89. The summed E-state index contributed by atoms with van der Waals surface area (Å²) in [5.74, 6) is 9.89. The Balaban J connectivity index is 1.85. The topological polar surface area (TPSA) is 27.7 Å². The molecule has 0 unspecified atom stereocenters. The largest absolute Gasteiger partial charge is 0.489 e. The van der Waals surface area contributed by atoms with Crippen LogP contribution in [0.3, 0.4) is 0 Å². The van der Waals surface area contributed by atoms with E-state index in [0.29, 0.717) is 62.2 Å². The lowest BCUT2D eigenvalue weighted by Crippen LogP contribution is -2.06. The van der Waals surface area contributed by atoms with Gasteiger partial charge in [-0.05, 0) is 63.1 Å². The summed E-state index contributed by atoms with van der Waals surface area (Å²) in [5, 5.41) is 0. The molecular weight excluding hydrogens is 468 g/mol. The Morgan fingerprint density at radius 2 is 1.24 bits per heavy atom. The highest BCUT2D eigenvalue weighted by atomic mass is 16.5. The predicted molar refractivity (Wildman–Crippen MR) is 156 cm³/mol. The first-order chi connectivity index (χ1) is 18.6. The number of hydrogen-bond acceptors (Lipinski definition) is 3. The summed E-state index contributed by atoms with van der Waals surface area (Å²) < 4.78 is 18.2. The van der Waals surface area contributed by atoms with Crippen molar-refractivity contribution >= 4 is 11.6 Å².